The number of rotatable bonds is 7. The number of hydrogen-bond donors (Lipinski definition) is 1. The first-order valence-electron chi connectivity index (χ1n) is 10.3. The van der Waals surface area contributed by atoms with Crippen LogP contribution in [0.1, 0.15) is 19.4 Å². The Bertz CT molecular complexity index is 1180. The lowest BCUT2D eigenvalue weighted by atomic mass is 10.1. The lowest BCUT2D eigenvalue weighted by Gasteiger charge is -2.14. The number of carbonyl (C=O) groups is 1. The predicted octanol–water partition coefficient (Wildman–Crippen LogP) is 5.72. The average molecular weight is 432 g/mol. The molecule has 6 heteroatoms. The summed E-state index contributed by atoms with van der Waals surface area (Å²) in [6, 6.07) is 23.8. The molecular formula is C25H25N3O2S. The van der Waals surface area contributed by atoms with Gasteiger partial charge in [-0.1, -0.05) is 43.0 Å². The molecule has 0 bridgehead atoms. The van der Waals surface area contributed by atoms with Gasteiger partial charge in [0.2, 0.25) is 5.91 Å². The number of fused-ring (bicyclic) bond motifs is 1. The van der Waals surface area contributed by atoms with Gasteiger partial charge < -0.3 is 10.1 Å². The van der Waals surface area contributed by atoms with E-state index in [0.29, 0.717) is 0 Å². The molecule has 0 aliphatic heterocycles. The number of nitrogens with one attached hydrogen (secondary N) is 1. The zero-order valence-electron chi connectivity index (χ0n) is 17.8. The van der Waals surface area contributed by atoms with E-state index in [1.54, 1.807) is 7.11 Å². The van der Waals surface area contributed by atoms with Crippen molar-refractivity contribution in [1.29, 1.82) is 0 Å². The molecule has 5 nitrogen and oxygen atoms in total. The summed E-state index contributed by atoms with van der Waals surface area (Å²) in [5.41, 5.74) is 4.91. The van der Waals surface area contributed by atoms with Crippen molar-refractivity contribution in [2.24, 2.45) is 0 Å². The van der Waals surface area contributed by atoms with Gasteiger partial charge in [-0.15, -0.1) is 0 Å². The van der Waals surface area contributed by atoms with Crippen molar-refractivity contribution in [3.8, 4) is 11.4 Å². The van der Waals surface area contributed by atoms with Crippen LogP contribution in [-0.2, 0) is 11.2 Å². The second-order valence-electron chi connectivity index (χ2n) is 7.22. The van der Waals surface area contributed by atoms with Crippen molar-refractivity contribution >= 4 is 34.4 Å². The van der Waals surface area contributed by atoms with Gasteiger partial charge in [0.25, 0.3) is 0 Å². The normalized spacial score (nSPS) is 12.0. The molecular weight excluding hydrogens is 406 g/mol. The second kappa shape index (κ2) is 9.27. The highest BCUT2D eigenvalue weighted by Crippen LogP contribution is 2.31. The molecule has 0 saturated carbocycles. The number of hydrogen-bond acceptors (Lipinski definition) is 4. The van der Waals surface area contributed by atoms with Gasteiger partial charge in [0, 0.05) is 11.4 Å². The van der Waals surface area contributed by atoms with Crippen LogP contribution in [-0.4, -0.2) is 27.8 Å². The number of amides is 1. The molecule has 1 unspecified atom stereocenters. The molecule has 3 aromatic carbocycles. The Morgan fingerprint density at radius 2 is 1.77 bits per heavy atom. The molecule has 1 N–H and O–H groups in total. The van der Waals surface area contributed by atoms with Crippen LogP contribution in [0, 0.1) is 0 Å². The predicted molar refractivity (Wildman–Crippen MR) is 127 cm³/mol. The lowest BCUT2D eigenvalue weighted by molar-refractivity contribution is -0.115. The maximum Gasteiger partial charge on any atom is 0.237 e. The number of carbonyl (C=O) groups excluding carboxylic acids is 1. The molecule has 0 fully saturated rings. The van der Waals surface area contributed by atoms with Crippen LogP contribution in [0.3, 0.4) is 0 Å². The van der Waals surface area contributed by atoms with E-state index in [2.05, 4.69) is 16.8 Å². The van der Waals surface area contributed by atoms with Gasteiger partial charge in [-0.25, -0.2) is 4.98 Å². The zero-order chi connectivity index (χ0) is 21.8. The van der Waals surface area contributed by atoms with E-state index in [1.807, 2.05) is 79.7 Å². The highest BCUT2D eigenvalue weighted by Gasteiger charge is 2.20. The summed E-state index contributed by atoms with van der Waals surface area (Å²) in [4.78, 5) is 17.6. The second-order valence-corrected chi connectivity index (χ2v) is 8.52. The molecule has 4 aromatic rings. The highest BCUT2D eigenvalue weighted by molar-refractivity contribution is 8.00. The summed E-state index contributed by atoms with van der Waals surface area (Å²) in [5, 5.41) is 3.46. The van der Waals surface area contributed by atoms with E-state index in [0.717, 1.165) is 39.7 Å². The highest BCUT2D eigenvalue weighted by atomic mass is 32.2. The van der Waals surface area contributed by atoms with Crippen molar-refractivity contribution in [2.75, 3.05) is 12.4 Å². The summed E-state index contributed by atoms with van der Waals surface area (Å²) >= 11 is 1.44. The fourth-order valence-electron chi connectivity index (χ4n) is 3.34. The van der Waals surface area contributed by atoms with Crippen molar-refractivity contribution in [1.82, 2.24) is 9.55 Å². The molecule has 0 aliphatic rings. The van der Waals surface area contributed by atoms with Gasteiger partial charge in [-0.3, -0.25) is 9.36 Å². The van der Waals surface area contributed by atoms with Gasteiger partial charge >= 0.3 is 0 Å². The van der Waals surface area contributed by atoms with Crippen molar-refractivity contribution in [3.63, 3.8) is 0 Å². The Labute approximate surface area is 186 Å². The fraction of sp³-hybridized carbons (Fsp3) is 0.200. The molecule has 4 rings (SSSR count). The topological polar surface area (TPSA) is 56.2 Å². The van der Waals surface area contributed by atoms with E-state index < -0.39 is 0 Å². The Hall–Kier alpha value is -3.25. The van der Waals surface area contributed by atoms with Crippen LogP contribution < -0.4 is 10.1 Å². The third-order valence-corrected chi connectivity index (χ3v) is 6.19. The van der Waals surface area contributed by atoms with E-state index in [9.17, 15) is 4.79 Å². The average Bonchev–Trinajstić information content (AvgIpc) is 3.17. The monoisotopic (exact) mass is 431 g/mol. The molecule has 158 valence electrons. The summed E-state index contributed by atoms with van der Waals surface area (Å²) in [7, 11) is 1.65. The summed E-state index contributed by atoms with van der Waals surface area (Å²) in [6.07, 6.45) is 0.974. The summed E-state index contributed by atoms with van der Waals surface area (Å²) in [5.74, 6) is 0.742. The SMILES string of the molecule is CCc1ccc(NC(=O)C(C)Sc2nc3ccccc3n2-c2ccc(OC)cc2)cc1. The number of aryl methyl sites for hydroxylation is 1. The van der Waals surface area contributed by atoms with Crippen LogP contribution in [0.25, 0.3) is 16.7 Å². The minimum Gasteiger partial charge on any atom is -0.497 e. The first kappa shape index (κ1) is 21.0. The third kappa shape index (κ3) is 4.59. The van der Waals surface area contributed by atoms with Gasteiger partial charge in [0.1, 0.15) is 5.75 Å². The smallest absolute Gasteiger partial charge is 0.237 e. The molecule has 1 amide bonds. The molecule has 0 saturated heterocycles. The van der Waals surface area contributed by atoms with Crippen molar-refractivity contribution in [3.05, 3.63) is 78.4 Å². The number of benzene rings is 3. The van der Waals surface area contributed by atoms with Crippen LogP contribution >= 0.6 is 11.8 Å². The molecule has 0 radical (unpaired) electrons. The number of anilines is 1. The van der Waals surface area contributed by atoms with Crippen LogP contribution in [0.4, 0.5) is 5.69 Å². The van der Waals surface area contributed by atoms with Crippen molar-refractivity contribution < 1.29 is 9.53 Å². The maximum absolute atomic E-state index is 12.8. The molecule has 1 atom stereocenters. The first-order valence-corrected chi connectivity index (χ1v) is 11.2. The zero-order valence-corrected chi connectivity index (χ0v) is 18.6. The van der Waals surface area contributed by atoms with E-state index >= 15 is 0 Å². The Balaban J connectivity index is 1.60. The standard InChI is InChI=1S/C25H25N3O2S/c1-4-18-9-11-19(12-10-18)26-24(29)17(2)31-25-27-22-7-5-6-8-23(22)28(25)20-13-15-21(30-3)16-14-20/h5-17H,4H2,1-3H3,(H,26,29). The Morgan fingerprint density at radius 1 is 1.06 bits per heavy atom. The lowest BCUT2D eigenvalue weighted by Crippen LogP contribution is -2.22. The quantitative estimate of drug-likeness (QED) is 0.381. The van der Waals surface area contributed by atoms with Crippen molar-refractivity contribution in [2.45, 2.75) is 30.7 Å². The number of aromatic nitrogens is 2. The Kier molecular flexibility index (Phi) is 6.28. The van der Waals surface area contributed by atoms with Gasteiger partial charge in [0.05, 0.1) is 23.4 Å². The molecule has 1 aromatic heterocycles. The maximum atomic E-state index is 12.8. The molecule has 0 spiro atoms. The molecule has 31 heavy (non-hydrogen) atoms. The fourth-order valence-corrected chi connectivity index (χ4v) is 4.29. The van der Waals surface area contributed by atoms with Gasteiger partial charge in [-0.2, -0.15) is 0 Å². The Morgan fingerprint density at radius 3 is 2.45 bits per heavy atom. The number of nitrogens with zero attached hydrogens (tertiary/aromatic N) is 2. The third-order valence-electron chi connectivity index (χ3n) is 5.14. The molecule has 1 heterocycles. The first-order chi connectivity index (χ1) is 15.1. The molecule has 0 aliphatic carbocycles. The van der Waals surface area contributed by atoms with E-state index in [-0.39, 0.29) is 11.2 Å². The van der Waals surface area contributed by atoms with E-state index in [1.165, 1.54) is 17.3 Å². The summed E-state index contributed by atoms with van der Waals surface area (Å²) in [6.45, 7) is 4.01. The number of thioether (sulfide) groups is 1. The number of methoxy groups -OCH3 is 1. The van der Waals surface area contributed by atoms with Crippen LogP contribution in [0.15, 0.2) is 78.0 Å². The van der Waals surface area contributed by atoms with Gasteiger partial charge in [0.15, 0.2) is 5.16 Å². The number of imidazole rings is 1. The minimum absolute atomic E-state index is 0.0532. The minimum atomic E-state index is -0.320. The largest absolute Gasteiger partial charge is 0.497 e. The van der Waals surface area contributed by atoms with Crippen LogP contribution in [0.5, 0.6) is 5.75 Å². The number of ether oxygens (including phenoxy) is 1. The summed E-state index contributed by atoms with van der Waals surface area (Å²) < 4.78 is 7.37. The van der Waals surface area contributed by atoms with Gasteiger partial charge in [-0.05, 0) is 67.4 Å². The number of para-hydroxylation sites is 2. The van der Waals surface area contributed by atoms with E-state index in [4.69, 9.17) is 9.72 Å². The van der Waals surface area contributed by atoms with Crippen LogP contribution in [0.2, 0.25) is 0 Å².